The summed E-state index contributed by atoms with van der Waals surface area (Å²) in [5.41, 5.74) is 1.19. The van der Waals surface area contributed by atoms with Crippen LogP contribution in [0.1, 0.15) is 16.5 Å². The summed E-state index contributed by atoms with van der Waals surface area (Å²) >= 11 is 1.60. The smallest absolute Gasteiger partial charge is 0.0777 e. The van der Waals surface area contributed by atoms with E-state index in [1.165, 1.54) is 5.56 Å². The topological polar surface area (TPSA) is 41.5 Å². The lowest BCUT2D eigenvalue weighted by atomic mass is 10.1. The fraction of sp³-hybridized carbons (Fsp3) is 0.556. The van der Waals surface area contributed by atoms with E-state index in [2.05, 4.69) is 11.4 Å². The van der Waals surface area contributed by atoms with Gasteiger partial charge in [0.25, 0.3) is 0 Å². The SMILES string of the molecule is OCc1sccc1C1COCCN1. The van der Waals surface area contributed by atoms with Gasteiger partial charge in [-0.3, -0.25) is 0 Å². The van der Waals surface area contributed by atoms with Crippen LogP contribution in [0.3, 0.4) is 0 Å². The Morgan fingerprint density at radius 1 is 1.69 bits per heavy atom. The van der Waals surface area contributed by atoms with Crippen LogP contribution in [0.5, 0.6) is 0 Å². The summed E-state index contributed by atoms with van der Waals surface area (Å²) < 4.78 is 5.37. The lowest BCUT2D eigenvalue weighted by molar-refractivity contribution is 0.0764. The third-order valence-electron chi connectivity index (χ3n) is 2.22. The number of thiophene rings is 1. The molecule has 1 aromatic rings. The first-order chi connectivity index (χ1) is 6.42. The minimum Gasteiger partial charge on any atom is -0.391 e. The predicted octanol–water partition coefficient (Wildman–Crippen LogP) is 0.901. The first kappa shape index (κ1) is 9.15. The molecule has 72 valence electrons. The number of ether oxygens (including phenoxy) is 1. The molecule has 4 heteroatoms. The van der Waals surface area contributed by atoms with Crippen LogP contribution >= 0.6 is 11.3 Å². The number of rotatable bonds is 2. The fourth-order valence-electron chi connectivity index (χ4n) is 1.55. The van der Waals surface area contributed by atoms with Gasteiger partial charge in [0.15, 0.2) is 0 Å². The highest BCUT2D eigenvalue weighted by Crippen LogP contribution is 2.24. The third kappa shape index (κ3) is 1.91. The molecule has 0 radical (unpaired) electrons. The molecule has 0 saturated carbocycles. The minimum absolute atomic E-state index is 0.130. The second-order valence-electron chi connectivity index (χ2n) is 3.04. The van der Waals surface area contributed by atoms with Gasteiger partial charge in [-0.2, -0.15) is 0 Å². The van der Waals surface area contributed by atoms with Crippen molar-refractivity contribution in [2.75, 3.05) is 19.8 Å². The number of aliphatic hydroxyl groups is 1. The van der Waals surface area contributed by atoms with Crippen LogP contribution in [-0.2, 0) is 11.3 Å². The van der Waals surface area contributed by atoms with Gasteiger partial charge in [-0.1, -0.05) is 0 Å². The quantitative estimate of drug-likeness (QED) is 0.743. The predicted molar refractivity (Wildman–Crippen MR) is 51.8 cm³/mol. The van der Waals surface area contributed by atoms with E-state index in [-0.39, 0.29) is 12.6 Å². The normalized spacial score (nSPS) is 23.3. The number of aliphatic hydroxyl groups excluding tert-OH is 1. The van der Waals surface area contributed by atoms with Crippen LogP contribution < -0.4 is 5.32 Å². The van der Waals surface area contributed by atoms with Crippen molar-refractivity contribution in [1.29, 1.82) is 0 Å². The summed E-state index contributed by atoms with van der Waals surface area (Å²) in [7, 11) is 0. The van der Waals surface area contributed by atoms with Crippen LogP contribution in [-0.4, -0.2) is 24.9 Å². The molecule has 0 spiro atoms. The average molecular weight is 199 g/mol. The fourth-order valence-corrected chi connectivity index (χ4v) is 2.35. The van der Waals surface area contributed by atoms with Gasteiger partial charge in [0.2, 0.25) is 0 Å². The second kappa shape index (κ2) is 4.19. The lowest BCUT2D eigenvalue weighted by Gasteiger charge is -2.24. The van der Waals surface area contributed by atoms with E-state index in [0.717, 1.165) is 18.0 Å². The molecule has 1 aliphatic rings. The maximum atomic E-state index is 9.08. The monoisotopic (exact) mass is 199 g/mol. The van der Waals surface area contributed by atoms with Crippen molar-refractivity contribution in [3.05, 3.63) is 21.9 Å². The average Bonchev–Trinajstić information content (AvgIpc) is 2.67. The van der Waals surface area contributed by atoms with E-state index in [4.69, 9.17) is 9.84 Å². The Hall–Kier alpha value is -0.420. The summed E-state index contributed by atoms with van der Waals surface area (Å²) in [4.78, 5) is 1.04. The molecule has 0 aromatic carbocycles. The van der Waals surface area contributed by atoms with Crippen molar-refractivity contribution in [3.63, 3.8) is 0 Å². The molecule has 2 rings (SSSR count). The number of hydrogen-bond donors (Lipinski definition) is 2. The van der Waals surface area contributed by atoms with Gasteiger partial charge in [-0.05, 0) is 17.0 Å². The van der Waals surface area contributed by atoms with Gasteiger partial charge in [-0.15, -0.1) is 11.3 Å². The highest BCUT2D eigenvalue weighted by molar-refractivity contribution is 7.10. The first-order valence-electron chi connectivity index (χ1n) is 4.40. The number of hydrogen-bond acceptors (Lipinski definition) is 4. The van der Waals surface area contributed by atoms with E-state index >= 15 is 0 Å². The van der Waals surface area contributed by atoms with Crippen LogP contribution in [0.4, 0.5) is 0 Å². The molecule has 1 unspecified atom stereocenters. The molecule has 13 heavy (non-hydrogen) atoms. The van der Waals surface area contributed by atoms with Crippen molar-refractivity contribution in [2.45, 2.75) is 12.6 Å². The maximum Gasteiger partial charge on any atom is 0.0777 e. The van der Waals surface area contributed by atoms with Crippen LogP contribution in [0.15, 0.2) is 11.4 Å². The summed E-state index contributed by atoms with van der Waals surface area (Å²) in [6, 6.07) is 2.32. The highest BCUT2D eigenvalue weighted by Gasteiger charge is 2.18. The Balaban J connectivity index is 2.13. The minimum atomic E-state index is 0.130. The maximum absolute atomic E-state index is 9.08. The van der Waals surface area contributed by atoms with Crippen molar-refractivity contribution in [1.82, 2.24) is 5.32 Å². The molecule has 2 N–H and O–H groups in total. The van der Waals surface area contributed by atoms with Gasteiger partial charge >= 0.3 is 0 Å². The highest BCUT2D eigenvalue weighted by atomic mass is 32.1. The molecule has 1 atom stereocenters. The van der Waals surface area contributed by atoms with Gasteiger partial charge in [-0.25, -0.2) is 0 Å². The molecular formula is C9H13NO2S. The zero-order chi connectivity index (χ0) is 9.10. The van der Waals surface area contributed by atoms with Crippen LogP contribution in [0, 0.1) is 0 Å². The summed E-state index contributed by atoms with van der Waals surface area (Å²) in [5.74, 6) is 0. The summed E-state index contributed by atoms with van der Waals surface area (Å²) in [6.45, 7) is 2.52. The molecule has 0 amide bonds. The van der Waals surface area contributed by atoms with Crippen LogP contribution in [0.2, 0.25) is 0 Å². The summed E-state index contributed by atoms with van der Waals surface area (Å²) in [6.07, 6.45) is 0. The second-order valence-corrected chi connectivity index (χ2v) is 4.04. The van der Waals surface area contributed by atoms with Crippen molar-refractivity contribution >= 4 is 11.3 Å². The van der Waals surface area contributed by atoms with E-state index in [1.54, 1.807) is 11.3 Å². The molecule has 0 aliphatic carbocycles. The largest absolute Gasteiger partial charge is 0.391 e. The van der Waals surface area contributed by atoms with Gasteiger partial charge in [0.05, 0.1) is 25.9 Å². The molecule has 1 aliphatic heterocycles. The Kier molecular flexibility index (Phi) is 2.95. The Morgan fingerprint density at radius 3 is 3.31 bits per heavy atom. The zero-order valence-electron chi connectivity index (χ0n) is 7.32. The number of nitrogens with one attached hydrogen (secondary N) is 1. The standard InChI is InChI=1S/C9H13NO2S/c11-5-9-7(1-4-13-9)8-6-12-3-2-10-8/h1,4,8,10-11H,2-3,5-6H2. The summed E-state index contributed by atoms with van der Waals surface area (Å²) in [5, 5.41) is 14.5. The Morgan fingerprint density at radius 2 is 2.62 bits per heavy atom. The van der Waals surface area contributed by atoms with E-state index in [0.29, 0.717) is 6.61 Å². The molecule has 1 aromatic heterocycles. The molecule has 1 saturated heterocycles. The van der Waals surface area contributed by atoms with E-state index < -0.39 is 0 Å². The van der Waals surface area contributed by atoms with Crippen molar-refractivity contribution in [2.24, 2.45) is 0 Å². The van der Waals surface area contributed by atoms with Crippen molar-refractivity contribution in [3.8, 4) is 0 Å². The van der Waals surface area contributed by atoms with Gasteiger partial charge in [0.1, 0.15) is 0 Å². The lowest BCUT2D eigenvalue weighted by Crippen LogP contribution is -2.34. The zero-order valence-corrected chi connectivity index (χ0v) is 8.14. The molecule has 2 heterocycles. The van der Waals surface area contributed by atoms with Crippen molar-refractivity contribution < 1.29 is 9.84 Å². The Labute approximate surface area is 81.3 Å². The first-order valence-corrected chi connectivity index (χ1v) is 5.28. The Bertz CT molecular complexity index is 268. The van der Waals surface area contributed by atoms with Crippen LogP contribution in [0.25, 0.3) is 0 Å². The molecular weight excluding hydrogens is 186 g/mol. The van der Waals surface area contributed by atoms with Gasteiger partial charge < -0.3 is 15.2 Å². The third-order valence-corrected chi connectivity index (χ3v) is 3.14. The molecule has 1 fully saturated rings. The molecule has 3 nitrogen and oxygen atoms in total. The van der Waals surface area contributed by atoms with E-state index in [9.17, 15) is 0 Å². The number of morpholine rings is 1. The molecule has 0 bridgehead atoms. The van der Waals surface area contributed by atoms with Gasteiger partial charge in [0, 0.05) is 11.4 Å². The van der Waals surface area contributed by atoms with E-state index in [1.807, 2.05) is 5.38 Å².